The molecule has 0 aliphatic carbocycles. The van der Waals surface area contributed by atoms with Gasteiger partial charge in [0.25, 0.3) is 5.91 Å². The molecular weight excluding hydrogens is 264 g/mol. The van der Waals surface area contributed by atoms with Crippen molar-refractivity contribution in [3.63, 3.8) is 0 Å². The molecule has 21 heavy (non-hydrogen) atoms. The minimum Gasteiger partial charge on any atom is -0.347 e. The fourth-order valence-electron chi connectivity index (χ4n) is 3.86. The van der Waals surface area contributed by atoms with E-state index in [1.807, 2.05) is 18.2 Å². The highest BCUT2D eigenvalue weighted by Crippen LogP contribution is 2.32. The SMILES string of the molecule is C[C@@H]1[C@H](NC(=O)c2ccc3[nH]ncc3c2)C2CCN1CC2. The van der Waals surface area contributed by atoms with E-state index in [0.29, 0.717) is 17.5 Å². The zero-order chi connectivity index (χ0) is 14.4. The van der Waals surface area contributed by atoms with Crippen LogP contribution in [0.15, 0.2) is 24.4 Å². The van der Waals surface area contributed by atoms with Crippen LogP contribution in [-0.4, -0.2) is 46.2 Å². The number of aromatic amines is 1. The third-order valence-corrected chi connectivity index (χ3v) is 5.18. The van der Waals surface area contributed by atoms with E-state index in [-0.39, 0.29) is 11.9 Å². The summed E-state index contributed by atoms with van der Waals surface area (Å²) >= 11 is 0. The standard InChI is InChI=1S/C16H20N4O/c1-10-15(11-4-6-20(10)7-5-11)18-16(21)12-2-3-14-13(8-12)9-17-19-14/h2-3,8-11,15H,4-7H2,1H3,(H,17,19)(H,18,21)/t10-,15+/m1/s1. The van der Waals surface area contributed by atoms with Gasteiger partial charge in [-0.05, 0) is 57.0 Å². The molecule has 3 saturated heterocycles. The van der Waals surface area contributed by atoms with Crippen LogP contribution in [0.3, 0.4) is 0 Å². The van der Waals surface area contributed by atoms with Crippen LogP contribution in [0.1, 0.15) is 30.1 Å². The minimum atomic E-state index is 0.0312. The summed E-state index contributed by atoms with van der Waals surface area (Å²) in [7, 11) is 0. The van der Waals surface area contributed by atoms with E-state index >= 15 is 0 Å². The van der Waals surface area contributed by atoms with Crippen molar-refractivity contribution in [3.8, 4) is 0 Å². The number of piperidine rings is 3. The zero-order valence-electron chi connectivity index (χ0n) is 12.2. The Labute approximate surface area is 123 Å². The molecule has 0 unspecified atom stereocenters. The van der Waals surface area contributed by atoms with Crippen LogP contribution in [0.4, 0.5) is 0 Å². The first-order valence-corrected chi connectivity index (χ1v) is 7.70. The molecule has 2 bridgehead atoms. The van der Waals surface area contributed by atoms with Gasteiger partial charge in [0.15, 0.2) is 0 Å². The predicted molar refractivity (Wildman–Crippen MR) is 81.1 cm³/mol. The number of carbonyl (C=O) groups excluding carboxylic acids is 1. The topological polar surface area (TPSA) is 61.0 Å². The van der Waals surface area contributed by atoms with Crippen LogP contribution < -0.4 is 5.32 Å². The number of nitrogens with one attached hydrogen (secondary N) is 2. The molecular formula is C16H20N4O. The minimum absolute atomic E-state index is 0.0312. The van der Waals surface area contributed by atoms with Gasteiger partial charge in [-0.2, -0.15) is 5.10 Å². The number of rotatable bonds is 2. The highest BCUT2D eigenvalue weighted by Gasteiger charge is 2.40. The van der Waals surface area contributed by atoms with Crippen molar-refractivity contribution in [2.75, 3.05) is 13.1 Å². The van der Waals surface area contributed by atoms with E-state index in [1.165, 1.54) is 25.9 Å². The van der Waals surface area contributed by atoms with Crippen LogP contribution in [0, 0.1) is 5.92 Å². The Morgan fingerprint density at radius 3 is 2.95 bits per heavy atom. The molecule has 110 valence electrons. The van der Waals surface area contributed by atoms with Gasteiger partial charge in [0.05, 0.1) is 11.7 Å². The molecule has 3 fully saturated rings. The molecule has 0 saturated carbocycles. The summed E-state index contributed by atoms with van der Waals surface area (Å²) < 4.78 is 0. The van der Waals surface area contributed by atoms with Gasteiger partial charge < -0.3 is 5.32 Å². The van der Waals surface area contributed by atoms with Crippen molar-refractivity contribution in [2.24, 2.45) is 5.92 Å². The number of fused-ring (bicyclic) bond motifs is 4. The predicted octanol–water partition coefficient (Wildman–Crippen LogP) is 1.78. The van der Waals surface area contributed by atoms with Gasteiger partial charge in [-0.3, -0.25) is 14.8 Å². The van der Waals surface area contributed by atoms with Gasteiger partial charge in [-0.15, -0.1) is 0 Å². The molecule has 1 amide bonds. The van der Waals surface area contributed by atoms with Gasteiger partial charge >= 0.3 is 0 Å². The average Bonchev–Trinajstić information content (AvgIpc) is 2.98. The van der Waals surface area contributed by atoms with Gasteiger partial charge in [-0.1, -0.05) is 0 Å². The van der Waals surface area contributed by atoms with E-state index in [0.717, 1.165) is 10.9 Å². The number of carbonyl (C=O) groups is 1. The molecule has 5 rings (SSSR count). The first-order chi connectivity index (χ1) is 10.2. The number of nitrogens with zero attached hydrogens (tertiary/aromatic N) is 2. The van der Waals surface area contributed by atoms with Crippen molar-refractivity contribution >= 4 is 16.8 Å². The molecule has 2 N–H and O–H groups in total. The van der Waals surface area contributed by atoms with Gasteiger partial charge in [0, 0.05) is 23.0 Å². The number of amides is 1. The second-order valence-corrected chi connectivity index (χ2v) is 6.29. The Kier molecular flexibility index (Phi) is 2.96. The van der Waals surface area contributed by atoms with E-state index in [4.69, 9.17) is 0 Å². The molecule has 1 aromatic heterocycles. The van der Waals surface area contributed by atoms with Crippen LogP contribution in [0.5, 0.6) is 0 Å². The van der Waals surface area contributed by atoms with Crippen LogP contribution in [0.2, 0.25) is 0 Å². The lowest BCUT2D eigenvalue weighted by molar-refractivity contribution is 0.0217. The summed E-state index contributed by atoms with van der Waals surface area (Å²) in [5.41, 5.74) is 1.68. The Balaban J connectivity index is 1.54. The quantitative estimate of drug-likeness (QED) is 0.883. The number of H-pyrrole nitrogens is 1. The largest absolute Gasteiger partial charge is 0.347 e. The smallest absolute Gasteiger partial charge is 0.251 e. The molecule has 2 aromatic rings. The van der Waals surface area contributed by atoms with Crippen molar-refractivity contribution in [2.45, 2.75) is 31.8 Å². The lowest BCUT2D eigenvalue weighted by Crippen LogP contribution is -2.62. The van der Waals surface area contributed by atoms with Gasteiger partial charge in [0.1, 0.15) is 0 Å². The number of benzene rings is 1. The average molecular weight is 284 g/mol. The molecule has 3 aliphatic heterocycles. The number of hydrogen-bond donors (Lipinski definition) is 2. The molecule has 0 radical (unpaired) electrons. The number of aromatic nitrogens is 2. The van der Waals surface area contributed by atoms with Gasteiger partial charge in [0.2, 0.25) is 0 Å². The van der Waals surface area contributed by atoms with Gasteiger partial charge in [-0.25, -0.2) is 0 Å². The van der Waals surface area contributed by atoms with Crippen LogP contribution >= 0.6 is 0 Å². The van der Waals surface area contributed by atoms with Crippen molar-refractivity contribution in [3.05, 3.63) is 30.0 Å². The second-order valence-electron chi connectivity index (χ2n) is 6.29. The highest BCUT2D eigenvalue weighted by atomic mass is 16.1. The molecule has 1 aromatic carbocycles. The molecule has 3 aliphatic rings. The van der Waals surface area contributed by atoms with Crippen LogP contribution in [0.25, 0.3) is 10.9 Å². The van der Waals surface area contributed by atoms with E-state index in [2.05, 4.69) is 27.3 Å². The van der Waals surface area contributed by atoms with Crippen LogP contribution in [-0.2, 0) is 0 Å². The van der Waals surface area contributed by atoms with E-state index < -0.39 is 0 Å². The monoisotopic (exact) mass is 284 g/mol. The maximum atomic E-state index is 12.5. The first kappa shape index (κ1) is 12.8. The molecule has 0 spiro atoms. The Morgan fingerprint density at radius 2 is 2.19 bits per heavy atom. The molecule has 5 heteroatoms. The Hall–Kier alpha value is -1.88. The number of hydrogen-bond acceptors (Lipinski definition) is 3. The Morgan fingerprint density at radius 1 is 1.38 bits per heavy atom. The maximum absolute atomic E-state index is 12.5. The lowest BCUT2D eigenvalue weighted by atomic mass is 9.79. The summed E-state index contributed by atoms with van der Waals surface area (Å²) in [6.07, 6.45) is 4.16. The normalized spacial score (nSPS) is 31.5. The van der Waals surface area contributed by atoms with Crippen molar-refractivity contribution in [1.82, 2.24) is 20.4 Å². The molecule has 2 atom stereocenters. The third kappa shape index (κ3) is 2.12. The summed E-state index contributed by atoms with van der Waals surface area (Å²) in [5.74, 6) is 0.662. The zero-order valence-corrected chi connectivity index (χ0v) is 12.2. The molecule has 4 heterocycles. The van der Waals surface area contributed by atoms with Crippen molar-refractivity contribution < 1.29 is 4.79 Å². The van der Waals surface area contributed by atoms with E-state index in [9.17, 15) is 4.79 Å². The van der Waals surface area contributed by atoms with E-state index in [1.54, 1.807) is 6.20 Å². The fourth-order valence-corrected chi connectivity index (χ4v) is 3.86. The first-order valence-electron chi connectivity index (χ1n) is 7.70. The summed E-state index contributed by atoms with van der Waals surface area (Å²) in [5, 5.41) is 11.1. The third-order valence-electron chi connectivity index (χ3n) is 5.18. The summed E-state index contributed by atoms with van der Waals surface area (Å²) in [4.78, 5) is 15.0. The second kappa shape index (κ2) is 4.84. The molecule has 5 nitrogen and oxygen atoms in total. The maximum Gasteiger partial charge on any atom is 0.251 e. The Bertz CT molecular complexity index is 670. The highest BCUT2D eigenvalue weighted by molar-refractivity contribution is 5.98. The van der Waals surface area contributed by atoms with Crippen molar-refractivity contribution in [1.29, 1.82) is 0 Å². The fraction of sp³-hybridized carbons (Fsp3) is 0.500. The summed E-state index contributed by atoms with van der Waals surface area (Å²) in [6.45, 7) is 4.59. The summed E-state index contributed by atoms with van der Waals surface area (Å²) in [6, 6.07) is 6.40. The lowest BCUT2D eigenvalue weighted by Gasteiger charge is -2.49.